The lowest BCUT2D eigenvalue weighted by Crippen LogP contribution is -2.32. The van der Waals surface area contributed by atoms with Crippen molar-refractivity contribution in [1.29, 1.82) is 0 Å². The van der Waals surface area contributed by atoms with Gasteiger partial charge in [0.05, 0.1) is 17.1 Å². The lowest BCUT2D eigenvalue weighted by Gasteiger charge is -2.16. The van der Waals surface area contributed by atoms with E-state index in [-0.39, 0.29) is 28.9 Å². The van der Waals surface area contributed by atoms with E-state index in [9.17, 15) is 18.8 Å². The Balaban J connectivity index is 1.80. The number of esters is 1. The molecule has 1 aromatic rings. The number of anilines is 1. The van der Waals surface area contributed by atoms with Crippen LogP contribution in [0.1, 0.15) is 13.3 Å². The molecule has 1 fully saturated rings. The Morgan fingerprint density at radius 2 is 2.25 bits per heavy atom. The molecule has 130 valence electrons. The summed E-state index contributed by atoms with van der Waals surface area (Å²) in [6.45, 7) is 2.29. The molecular formula is C15H16ClFN2O4S. The second kappa shape index (κ2) is 8.34. The minimum atomic E-state index is -1.04. The van der Waals surface area contributed by atoms with Crippen LogP contribution in [0.3, 0.4) is 0 Å². The summed E-state index contributed by atoms with van der Waals surface area (Å²) in [7, 11) is 0. The molecule has 0 radical (unpaired) electrons. The fourth-order valence-corrected chi connectivity index (χ4v) is 3.06. The third kappa shape index (κ3) is 5.10. The summed E-state index contributed by atoms with van der Waals surface area (Å²) >= 11 is 7.03. The molecule has 24 heavy (non-hydrogen) atoms. The Hall–Kier alpha value is -1.80. The van der Waals surface area contributed by atoms with Crippen LogP contribution in [-0.4, -0.2) is 47.0 Å². The van der Waals surface area contributed by atoms with Crippen molar-refractivity contribution < 1.29 is 23.5 Å². The fourth-order valence-electron chi connectivity index (χ4n) is 1.99. The molecule has 1 aromatic carbocycles. The first-order chi connectivity index (χ1) is 11.4. The van der Waals surface area contributed by atoms with Crippen molar-refractivity contribution in [1.82, 2.24) is 4.90 Å². The summed E-state index contributed by atoms with van der Waals surface area (Å²) < 4.78 is 18.0. The van der Waals surface area contributed by atoms with E-state index in [1.54, 1.807) is 4.90 Å². The maximum atomic E-state index is 13.0. The van der Waals surface area contributed by atoms with E-state index in [4.69, 9.17) is 16.3 Å². The summed E-state index contributed by atoms with van der Waals surface area (Å²) in [5.74, 6) is -0.963. The third-order valence-corrected chi connectivity index (χ3v) is 4.50. The highest BCUT2D eigenvalue weighted by Gasteiger charge is 2.23. The molecule has 1 saturated heterocycles. The number of amides is 2. The molecule has 1 aliphatic heterocycles. The van der Waals surface area contributed by atoms with Crippen LogP contribution in [0.5, 0.6) is 0 Å². The standard InChI is InChI=1S/C15H16ClFN2O4S/c1-9(14(21)18-12-3-2-10(17)8-11(12)16)23-13(20)4-5-19-6-7-24-15(19)22/h2-3,8-9H,4-7H2,1H3,(H,18,21). The zero-order valence-electron chi connectivity index (χ0n) is 12.9. The molecule has 1 heterocycles. The van der Waals surface area contributed by atoms with Gasteiger partial charge in [-0.1, -0.05) is 23.4 Å². The summed E-state index contributed by atoms with van der Waals surface area (Å²) in [5, 5.41) is 2.46. The molecule has 1 N–H and O–H groups in total. The van der Waals surface area contributed by atoms with Crippen molar-refractivity contribution in [2.24, 2.45) is 0 Å². The van der Waals surface area contributed by atoms with Gasteiger partial charge in [0.2, 0.25) is 0 Å². The van der Waals surface area contributed by atoms with Gasteiger partial charge in [-0.05, 0) is 25.1 Å². The number of rotatable bonds is 6. The van der Waals surface area contributed by atoms with Crippen molar-refractivity contribution in [3.05, 3.63) is 29.0 Å². The van der Waals surface area contributed by atoms with Crippen molar-refractivity contribution in [2.75, 3.05) is 24.2 Å². The Morgan fingerprint density at radius 3 is 2.88 bits per heavy atom. The minimum Gasteiger partial charge on any atom is -0.452 e. The average Bonchev–Trinajstić information content (AvgIpc) is 2.93. The molecule has 0 aromatic heterocycles. The molecule has 0 saturated carbocycles. The van der Waals surface area contributed by atoms with Crippen LogP contribution in [0.4, 0.5) is 14.9 Å². The molecule has 2 amide bonds. The lowest BCUT2D eigenvalue weighted by atomic mass is 10.3. The summed E-state index contributed by atoms with van der Waals surface area (Å²) in [6.07, 6.45) is -1.02. The Morgan fingerprint density at radius 1 is 1.50 bits per heavy atom. The van der Waals surface area contributed by atoms with Crippen LogP contribution in [-0.2, 0) is 14.3 Å². The Bertz CT molecular complexity index is 658. The SMILES string of the molecule is CC(OC(=O)CCN1CCSC1=O)C(=O)Nc1ccc(F)cc1Cl. The maximum Gasteiger partial charge on any atom is 0.308 e. The molecule has 0 aliphatic carbocycles. The van der Waals surface area contributed by atoms with Crippen LogP contribution in [0.25, 0.3) is 0 Å². The summed E-state index contributed by atoms with van der Waals surface area (Å²) in [6, 6.07) is 3.54. The van der Waals surface area contributed by atoms with E-state index in [2.05, 4.69) is 5.32 Å². The number of hydrogen-bond acceptors (Lipinski definition) is 5. The van der Waals surface area contributed by atoms with Gasteiger partial charge in [0.25, 0.3) is 11.1 Å². The number of benzene rings is 1. The van der Waals surface area contributed by atoms with Crippen molar-refractivity contribution in [3.63, 3.8) is 0 Å². The van der Waals surface area contributed by atoms with Crippen molar-refractivity contribution in [2.45, 2.75) is 19.4 Å². The summed E-state index contributed by atoms with van der Waals surface area (Å²) in [5.41, 5.74) is 0.227. The Kier molecular flexibility index (Phi) is 6.44. The summed E-state index contributed by atoms with van der Waals surface area (Å²) in [4.78, 5) is 36.7. The first kappa shape index (κ1) is 18.5. The van der Waals surface area contributed by atoms with E-state index >= 15 is 0 Å². The van der Waals surface area contributed by atoms with Crippen LogP contribution < -0.4 is 5.32 Å². The molecule has 9 heteroatoms. The van der Waals surface area contributed by atoms with Crippen LogP contribution in [0, 0.1) is 5.82 Å². The molecule has 1 unspecified atom stereocenters. The van der Waals surface area contributed by atoms with Gasteiger partial charge in [0.15, 0.2) is 6.10 Å². The normalized spacial score (nSPS) is 15.3. The highest BCUT2D eigenvalue weighted by Crippen LogP contribution is 2.22. The number of hydrogen-bond donors (Lipinski definition) is 1. The quantitative estimate of drug-likeness (QED) is 0.775. The second-order valence-electron chi connectivity index (χ2n) is 5.10. The number of halogens is 2. The number of nitrogens with zero attached hydrogens (tertiary/aromatic N) is 1. The van der Waals surface area contributed by atoms with Gasteiger partial charge >= 0.3 is 5.97 Å². The minimum absolute atomic E-state index is 0.0151. The highest BCUT2D eigenvalue weighted by atomic mass is 35.5. The smallest absolute Gasteiger partial charge is 0.308 e. The average molecular weight is 375 g/mol. The molecular weight excluding hydrogens is 359 g/mol. The van der Waals surface area contributed by atoms with E-state index in [1.165, 1.54) is 24.8 Å². The molecule has 0 bridgehead atoms. The molecule has 1 atom stereocenters. The molecule has 2 rings (SSSR count). The Labute approximate surface area is 147 Å². The molecule has 1 aliphatic rings. The van der Waals surface area contributed by atoms with E-state index < -0.39 is 23.8 Å². The van der Waals surface area contributed by atoms with Gasteiger partial charge in [-0.15, -0.1) is 0 Å². The van der Waals surface area contributed by atoms with Gasteiger partial charge in [0, 0.05) is 18.8 Å². The molecule has 6 nitrogen and oxygen atoms in total. The van der Waals surface area contributed by atoms with Crippen LogP contribution in [0.15, 0.2) is 18.2 Å². The monoisotopic (exact) mass is 374 g/mol. The van der Waals surface area contributed by atoms with Gasteiger partial charge in [-0.3, -0.25) is 14.4 Å². The predicted molar refractivity (Wildman–Crippen MR) is 89.6 cm³/mol. The van der Waals surface area contributed by atoms with Crippen LogP contribution >= 0.6 is 23.4 Å². The third-order valence-electron chi connectivity index (χ3n) is 3.30. The van der Waals surface area contributed by atoms with Gasteiger partial charge in [-0.2, -0.15) is 0 Å². The molecule has 0 spiro atoms. The van der Waals surface area contributed by atoms with E-state index in [0.717, 1.165) is 12.1 Å². The first-order valence-corrected chi connectivity index (χ1v) is 8.60. The zero-order chi connectivity index (χ0) is 17.7. The van der Waals surface area contributed by atoms with E-state index in [1.807, 2.05) is 0 Å². The number of nitrogens with one attached hydrogen (secondary N) is 1. The van der Waals surface area contributed by atoms with Gasteiger partial charge < -0.3 is 15.0 Å². The first-order valence-electron chi connectivity index (χ1n) is 7.24. The van der Waals surface area contributed by atoms with Gasteiger partial charge in [0.1, 0.15) is 5.82 Å². The number of ether oxygens (including phenoxy) is 1. The number of carbonyl (C=O) groups is 3. The second-order valence-corrected chi connectivity index (χ2v) is 6.55. The fraction of sp³-hybridized carbons (Fsp3) is 0.400. The largest absolute Gasteiger partial charge is 0.452 e. The number of thioether (sulfide) groups is 1. The maximum absolute atomic E-state index is 13.0. The lowest BCUT2D eigenvalue weighted by molar-refractivity contribution is -0.153. The topological polar surface area (TPSA) is 75.7 Å². The van der Waals surface area contributed by atoms with Crippen molar-refractivity contribution in [3.8, 4) is 0 Å². The van der Waals surface area contributed by atoms with Crippen LogP contribution in [0.2, 0.25) is 5.02 Å². The van der Waals surface area contributed by atoms with E-state index in [0.29, 0.717) is 12.3 Å². The highest BCUT2D eigenvalue weighted by molar-refractivity contribution is 8.13. The van der Waals surface area contributed by atoms with Crippen molar-refractivity contribution >= 4 is 46.2 Å². The predicted octanol–water partition coefficient (Wildman–Crippen LogP) is 2.91. The number of carbonyl (C=O) groups excluding carboxylic acids is 3. The van der Waals surface area contributed by atoms with Gasteiger partial charge in [-0.25, -0.2) is 4.39 Å². The zero-order valence-corrected chi connectivity index (χ0v) is 14.5.